The number of aromatic nitrogens is 1. The summed E-state index contributed by atoms with van der Waals surface area (Å²) in [5, 5.41) is 20.4. The largest absolute Gasteiger partial charge is 0.506 e. The third kappa shape index (κ3) is 3.11. The summed E-state index contributed by atoms with van der Waals surface area (Å²) >= 11 is 6.71. The summed E-state index contributed by atoms with van der Waals surface area (Å²) in [5.74, 6) is -1.48. The summed E-state index contributed by atoms with van der Waals surface area (Å²) in [4.78, 5) is 26.1. The number of nitrogens with zero attached hydrogens (tertiary/aromatic N) is 2. The Morgan fingerprint density at radius 1 is 1.36 bits per heavy atom. The molecule has 150 valence electrons. The highest BCUT2D eigenvalue weighted by atomic mass is 35.5. The summed E-state index contributed by atoms with van der Waals surface area (Å²) in [6.07, 6.45) is 3.72. The van der Waals surface area contributed by atoms with Gasteiger partial charge in [-0.25, -0.2) is 4.79 Å². The smallest absolute Gasteiger partial charge is 0.341 e. The molecule has 0 bridgehead atoms. The maximum Gasteiger partial charge on any atom is 0.341 e. The fourth-order valence-electron chi connectivity index (χ4n) is 3.99. The molecule has 2 aromatic rings. The number of benzene rings is 1. The van der Waals surface area contributed by atoms with Crippen LogP contribution >= 0.6 is 11.6 Å². The molecule has 1 aliphatic heterocycles. The van der Waals surface area contributed by atoms with Crippen LogP contribution in [0.3, 0.4) is 0 Å². The summed E-state index contributed by atoms with van der Waals surface area (Å²) in [5.41, 5.74) is 5.99. The Labute approximate surface area is 166 Å². The molecule has 1 saturated carbocycles. The Hall–Kier alpha value is -2.29. The normalized spacial score (nSPS) is 22.6. The number of phenolic OH excluding ortho intramolecular Hbond substituents is 1. The molecule has 28 heavy (non-hydrogen) atoms. The number of anilines is 1. The van der Waals surface area contributed by atoms with E-state index in [4.69, 9.17) is 22.1 Å². The van der Waals surface area contributed by atoms with E-state index < -0.39 is 11.4 Å². The maximum atomic E-state index is 12.7. The first-order chi connectivity index (χ1) is 13.3. The van der Waals surface area contributed by atoms with E-state index in [2.05, 4.69) is 0 Å². The number of carboxylic acids is 1. The molecule has 0 radical (unpaired) electrons. The second-order valence-corrected chi connectivity index (χ2v) is 7.91. The number of fused-ring (bicyclic) bond motifs is 1. The molecule has 2 atom stereocenters. The number of hydrogen-bond acceptors (Lipinski definition) is 6. The van der Waals surface area contributed by atoms with Crippen molar-refractivity contribution in [3.63, 3.8) is 0 Å². The highest BCUT2D eigenvalue weighted by molar-refractivity contribution is 6.38. The van der Waals surface area contributed by atoms with Gasteiger partial charge in [-0.3, -0.25) is 4.79 Å². The molecule has 0 spiro atoms. The highest BCUT2D eigenvalue weighted by Crippen LogP contribution is 2.45. The van der Waals surface area contributed by atoms with Crippen LogP contribution in [0.15, 0.2) is 17.1 Å². The van der Waals surface area contributed by atoms with Gasteiger partial charge in [-0.2, -0.15) is 0 Å². The standard InChI is InChI=1S/C19H22ClN3O5/c1-28-11-4-9(21)6-22(7-11)17-14(24)5-12-16(15(17)20)23(10-2-3-10)8-13(18(12)25)19(26)27/h5,8-11,24H,2-4,6-7,21H2,1H3,(H,26,27)/t9-,11-/m0/s1. The van der Waals surface area contributed by atoms with Crippen LogP contribution in [0.25, 0.3) is 10.9 Å². The van der Waals surface area contributed by atoms with Crippen LogP contribution in [-0.2, 0) is 4.74 Å². The molecule has 2 fully saturated rings. The molecule has 8 nitrogen and oxygen atoms in total. The van der Waals surface area contributed by atoms with Gasteiger partial charge in [-0.05, 0) is 25.3 Å². The summed E-state index contributed by atoms with van der Waals surface area (Å²) in [7, 11) is 1.61. The number of piperidine rings is 1. The van der Waals surface area contributed by atoms with Crippen LogP contribution in [0.2, 0.25) is 5.02 Å². The number of aromatic hydroxyl groups is 1. The average Bonchev–Trinajstić information content (AvgIpc) is 3.46. The Balaban J connectivity index is 1.95. The Morgan fingerprint density at radius 2 is 2.07 bits per heavy atom. The number of rotatable bonds is 4. The zero-order chi connectivity index (χ0) is 20.2. The van der Waals surface area contributed by atoms with Gasteiger partial charge in [0.25, 0.3) is 0 Å². The van der Waals surface area contributed by atoms with Gasteiger partial charge >= 0.3 is 5.97 Å². The molecule has 0 amide bonds. The zero-order valence-corrected chi connectivity index (χ0v) is 16.1. The topological polar surface area (TPSA) is 118 Å². The average molecular weight is 408 g/mol. The summed E-state index contributed by atoms with van der Waals surface area (Å²) < 4.78 is 7.20. The number of carboxylic acid groups (broad SMARTS) is 1. The lowest BCUT2D eigenvalue weighted by atomic mass is 10.0. The van der Waals surface area contributed by atoms with Crippen molar-refractivity contribution in [1.29, 1.82) is 0 Å². The number of halogens is 1. The quantitative estimate of drug-likeness (QED) is 0.708. The lowest BCUT2D eigenvalue weighted by molar-refractivity contribution is 0.0694. The summed E-state index contributed by atoms with van der Waals surface area (Å²) in [6, 6.07) is 1.25. The molecule has 9 heteroatoms. The fraction of sp³-hybridized carbons (Fsp3) is 0.474. The number of aromatic carboxylic acids is 1. The van der Waals surface area contributed by atoms with Crippen LogP contribution in [0, 0.1) is 0 Å². The minimum atomic E-state index is -1.30. The molecule has 1 aromatic carbocycles. The molecule has 1 saturated heterocycles. The van der Waals surface area contributed by atoms with Crippen LogP contribution in [0.4, 0.5) is 5.69 Å². The van der Waals surface area contributed by atoms with Gasteiger partial charge in [0, 0.05) is 38.5 Å². The van der Waals surface area contributed by atoms with Gasteiger partial charge in [0.15, 0.2) is 0 Å². The molecule has 4 rings (SSSR count). The van der Waals surface area contributed by atoms with Crippen molar-refractivity contribution in [3.8, 4) is 5.75 Å². The van der Waals surface area contributed by atoms with E-state index in [1.165, 1.54) is 12.3 Å². The molecule has 1 aliphatic carbocycles. The first kappa shape index (κ1) is 19.0. The van der Waals surface area contributed by atoms with Crippen LogP contribution in [-0.4, -0.2) is 53.1 Å². The van der Waals surface area contributed by atoms with E-state index in [1.807, 2.05) is 4.90 Å². The van der Waals surface area contributed by atoms with Crippen LogP contribution in [0.1, 0.15) is 35.7 Å². The predicted molar refractivity (Wildman–Crippen MR) is 106 cm³/mol. The second kappa shape index (κ2) is 6.95. The van der Waals surface area contributed by atoms with E-state index >= 15 is 0 Å². The van der Waals surface area contributed by atoms with Crippen molar-refractivity contribution in [3.05, 3.63) is 33.1 Å². The Kier molecular flexibility index (Phi) is 4.73. The lowest BCUT2D eigenvalue weighted by Crippen LogP contribution is -2.50. The van der Waals surface area contributed by atoms with Crippen molar-refractivity contribution in [2.24, 2.45) is 5.73 Å². The minimum Gasteiger partial charge on any atom is -0.506 e. The maximum absolute atomic E-state index is 12.7. The van der Waals surface area contributed by atoms with Gasteiger partial charge in [0.1, 0.15) is 17.0 Å². The Bertz CT molecular complexity index is 1020. The van der Waals surface area contributed by atoms with Crippen molar-refractivity contribution in [1.82, 2.24) is 4.57 Å². The van der Waals surface area contributed by atoms with E-state index in [0.29, 0.717) is 30.7 Å². The first-order valence-corrected chi connectivity index (χ1v) is 9.56. The number of ether oxygens (including phenoxy) is 1. The highest BCUT2D eigenvalue weighted by Gasteiger charge is 2.32. The van der Waals surface area contributed by atoms with Crippen LogP contribution in [0.5, 0.6) is 5.75 Å². The molecule has 0 unspecified atom stereocenters. The Morgan fingerprint density at radius 3 is 2.68 bits per heavy atom. The van der Waals surface area contributed by atoms with E-state index in [9.17, 15) is 19.8 Å². The third-order valence-corrected chi connectivity index (χ3v) is 5.83. The number of hydrogen-bond donors (Lipinski definition) is 3. The minimum absolute atomic E-state index is 0.0893. The lowest BCUT2D eigenvalue weighted by Gasteiger charge is -2.38. The predicted octanol–water partition coefficient (Wildman–Crippen LogP) is 1.95. The van der Waals surface area contributed by atoms with Gasteiger partial charge in [0.2, 0.25) is 5.43 Å². The third-order valence-electron chi connectivity index (χ3n) is 5.48. The van der Waals surface area contributed by atoms with Crippen molar-refractivity contribution in [2.45, 2.75) is 37.5 Å². The number of phenols is 1. The number of methoxy groups -OCH3 is 1. The molecule has 2 aliphatic rings. The van der Waals surface area contributed by atoms with Crippen LogP contribution < -0.4 is 16.1 Å². The molecular formula is C19H22ClN3O5. The monoisotopic (exact) mass is 407 g/mol. The molecule has 1 aromatic heterocycles. The van der Waals surface area contributed by atoms with E-state index in [1.54, 1.807) is 11.7 Å². The summed E-state index contributed by atoms with van der Waals surface area (Å²) in [6.45, 7) is 0.989. The number of carbonyl (C=O) groups is 1. The number of pyridine rings is 1. The SMILES string of the molecule is CO[C@H]1C[C@H](N)CN(c2c(O)cc3c(=O)c(C(=O)O)cn(C4CC4)c3c2Cl)C1. The van der Waals surface area contributed by atoms with Crippen molar-refractivity contribution >= 4 is 34.2 Å². The van der Waals surface area contributed by atoms with Gasteiger partial charge < -0.3 is 30.2 Å². The molecular weight excluding hydrogens is 386 g/mol. The van der Waals surface area contributed by atoms with Crippen molar-refractivity contribution in [2.75, 3.05) is 25.1 Å². The first-order valence-electron chi connectivity index (χ1n) is 9.18. The van der Waals surface area contributed by atoms with E-state index in [0.717, 1.165) is 12.8 Å². The number of nitrogens with two attached hydrogens (primary N) is 1. The van der Waals surface area contributed by atoms with Gasteiger partial charge in [-0.15, -0.1) is 0 Å². The van der Waals surface area contributed by atoms with Gasteiger partial charge in [-0.1, -0.05) is 11.6 Å². The van der Waals surface area contributed by atoms with Gasteiger partial charge in [0.05, 0.1) is 22.0 Å². The second-order valence-electron chi connectivity index (χ2n) is 7.53. The zero-order valence-electron chi connectivity index (χ0n) is 15.4. The van der Waals surface area contributed by atoms with Crippen molar-refractivity contribution < 1.29 is 19.7 Å². The fourth-order valence-corrected chi connectivity index (χ4v) is 4.40. The molecule has 2 heterocycles. The molecule has 4 N–H and O–H groups in total. The van der Waals surface area contributed by atoms with E-state index in [-0.39, 0.29) is 39.9 Å².